The first-order chi connectivity index (χ1) is 14.2. The summed E-state index contributed by atoms with van der Waals surface area (Å²) in [4.78, 5) is 7.04. The van der Waals surface area contributed by atoms with Crippen molar-refractivity contribution in [3.63, 3.8) is 0 Å². The third-order valence-electron chi connectivity index (χ3n) is 5.36. The maximum atomic E-state index is 5.99. The zero-order valence-electron chi connectivity index (χ0n) is 17.5. The molecular weight excluding hydrogens is 400 g/mol. The topological polar surface area (TPSA) is 51.5 Å². The van der Waals surface area contributed by atoms with E-state index in [1.807, 2.05) is 36.7 Å². The largest absolute Gasteiger partial charge is 0.493 e. The molecule has 1 N–H and O–H groups in total. The number of methoxy groups -OCH3 is 1. The van der Waals surface area contributed by atoms with E-state index in [-0.39, 0.29) is 18.4 Å². The van der Waals surface area contributed by atoms with Crippen LogP contribution in [0.25, 0.3) is 0 Å². The van der Waals surface area contributed by atoms with Gasteiger partial charge in [0.25, 0.3) is 0 Å². The Morgan fingerprint density at radius 1 is 1.10 bits per heavy atom. The van der Waals surface area contributed by atoms with Crippen LogP contribution in [-0.4, -0.2) is 41.2 Å². The van der Waals surface area contributed by atoms with Crippen LogP contribution >= 0.6 is 12.4 Å². The van der Waals surface area contributed by atoms with Gasteiger partial charge < -0.3 is 19.4 Å². The molecule has 0 aliphatic carbocycles. The zero-order valence-corrected chi connectivity index (χ0v) is 18.3. The van der Waals surface area contributed by atoms with Gasteiger partial charge in [-0.05, 0) is 23.3 Å². The third-order valence-corrected chi connectivity index (χ3v) is 5.36. The standard InChI is InChI=1S/C23H28N4O2.ClH/c1-26-12-11-25-23(26)20-15-24-10-13-27(20)16-19-8-9-21(22(14-19)28-2)29-17-18-6-4-3-5-7-18;/h3-9,11-12,14,20,24H,10,13,15-17H2,1-2H3;1H. The molecule has 0 bridgehead atoms. The zero-order chi connectivity index (χ0) is 20.1. The number of benzene rings is 2. The summed E-state index contributed by atoms with van der Waals surface area (Å²) in [6.45, 7) is 4.23. The van der Waals surface area contributed by atoms with E-state index in [4.69, 9.17) is 9.47 Å². The summed E-state index contributed by atoms with van der Waals surface area (Å²) in [5.74, 6) is 2.62. The van der Waals surface area contributed by atoms with Crippen molar-refractivity contribution in [3.8, 4) is 11.5 Å². The van der Waals surface area contributed by atoms with Crippen molar-refractivity contribution in [2.24, 2.45) is 7.05 Å². The van der Waals surface area contributed by atoms with E-state index >= 15 is 0 Å². The number of ether oxygens (including phenoxy) is 2. The molecule has 1 aliphatic heterocycles. The minimum Gasteiger partial charge on any atom is -0.493 e. The second-order valence-electron chi connectivity index (χ2n) is 7.35. The first-order valence-corrected chi connectivity index (χ1v) is 10.00. The van der Waals surface area contributed by atoms with Gasteiger partial charge in [0, 0.05) is 45.6 Å². The second-order valence-corrected chi connectivity index (χ2v) is 7.35. The first-order valence-electron chi connectivity index (χ1n) is 10.00. The lowest BCUT2D eigenvalue weighted by molar-refractivity contribution is 0.144. The van der Waals surface area contributed by atoms with Gasteiger partial charge in [-0.3, -0.25) is 4.90 Å². The van der Waals surface area contributed by atoms with Gasteiger partial charge in [-0.2, -0.15) is 0 Å². The van der Waals surface area contributed by atoms with Crippen LogP contribution in [-0.2, 0) is 20.2 Å². The van der Waals surface area contributed by atoms with Gasteiger partial charge in [-0.15, -0.1) is 12.4 Å². The normalized spacial score (nSPS) is 16.7. The Morgan fingerprint density at radius 2 is 1.93 bits per heavy atom. The van der Waals surface area contributed by atoms with E-state index in [0.717, 1.165) is 49.1 Å². The average molecular weight is 429 g/mol. The molecule has 0 amide bonds. The fourth-order valence-electron chi connectivity index (χ4n) is 3.79. The van der Waals surface area contributed by atoms with E-state index < -0.39 is 0 Å². The van der Waals surface area contributed by atoms with Crippen molar-refractivity contribution in [1.29, 1.82) is 0 Å². The smallest absolute Gasteiger partial charge is 0.161 e. The summed E-state index contributed by atoms with van der Waals surface area (Å²) in [6, 6.07) is 16.6. The summed E-state index contributed by atoms with van der Waals surface area (Å²) in [6.07, 6.45) is 3.87. The minimum absolute atomic E-state index is 0. The number of aromatic nitrogens is 2. The first kappa shape index (κ1) is 22.2. The van der Waals surface area contributed by atoms with Crippen molar-refractivity contribution >= 4 is 12.4 Å². The summed E-state index contributed by atoms with van der Waals surface area (Å²) < 4.78 is 13.7. The molecule has 3 aromatic rings. The summed E-state index contributed by atoms with van der Waals surface area (Å²) in [5, 5.41) is 3.49. The van der Waals surface area contributed by atoms with Crippen LogP contribution in [0.15, 0.2) is 60.9 Å². The second kappa shape index (κ2) is 10.5. The number of rotatable bonds is 7. The molecule has 2 aromatic carbocycles. The molecular formula is C23H29ClN4O2. The number of imidazole rings is 1. The molecule has 1 saturated heterocycles. The molecule has 1 atom stereocenters. The molecule has 30 heavy (non-hydrogen) atoms. The van der Waals surface area contributed by atoms with Crippen LogP contribution in [0.3, 0.4) is 0 Å². The highest BCUT2D eigenvalue weighted by molar-refractivity contribution is 5.85. The van der Waals surface area contributed by atoms with E-state index in [0.29, 0.717) is 6.61 Å². The maximum absolute atomic E-state index is 5.99. The molecule has 0 saturated carbocycles. The van der Waals surface area contributed by atoms with Gasteiger partial charge in [-0.1, -0.05) is 36.4 Å². The molecule has 160 valence electrons. The Hall–Kier alpha value is -2.54. The average Bonchev–Trinajstić information content (AvgIpc) is 3.19. The lowest BCUT2D eigenvalue weighted by Crippen LogP contribution is -2.46. The molecule has 1 fully saturated rings. The Bertz CT molecular complexity index is 932. The van der Waals surface area contributed by atoms with Gasteiger partial charge in [-0.25, -0.2) is 4.98 Å². The number of piperazine rings is 1. The van der Waals surface area contributed by atoms with Crippen molar-refractivity contribution in [3.05, 3.63) is 77.9 Å². The van der Waals surface area contributed by atoms with Crippen molar-refractivity contribution in [2.45, 2.75) is 19.2 Å². The number of hydrogen-bond donors (Lipinski definition) is 1. The van der Waals surface area contributed by atoms with Crippen LogP contribution in [0.5, 0.6) is 11.5 Å². The molecule has 6 nitrogen and oxygen atoms in total. The van der Waals surface area contributed by atoms with E-state index in [9.17, 15) is 0 Å². The Labute approximate surface area is 184 Å². The number of nitrogens with zero attached hydrogens (tertiary/aromatic N) is 3. The van der Waals surface area contributed by atoms with Crippen LogP contribution < -0.4 is 14.8 Å². The molecule has 1 unspecified atom stereocenters. The number of halogens is 1. The van der Waals surface area contributed by atoms with Gasteiger partial charge in [0.05, 0.1) is 13.2 Å². The van der Waals surface area contributed by atoms with Gasteiger partial charge >= 0.3 is 0 Å². The quantitative estimate of drug-likeness (QED) is 0.623. The van der Waals surface area contributed by atoms with Crippen molar-refractivity contribution < 1.29 is 9.47 Å². The van der Waals surface area contributed by atoms with Crippen LogP contribution in [0.4, 0.5) is 0 Å². The Morgan fingerprint density at radius 3 is 2.67 bits per heavy atom. The lowest BCUT2D eigenvalue weighted by Gasteiger charge is -2.35. The van der Waals surface area contributed by atoms with E-state index in [2.05, 4.69) is 51.1 Å². The summed E-state index contributed by atoms with van der Waals surface area (Å²) in [7, 11) is 3.74. The molecule has 0 radical (unpaired) electrons. The number of nitrogens with one attached hydrogen (secondary N) is 1. The molecule has 2 heterocycles. The fraction of sp³-hybridized carbons (Fsp3) is 0.348. The minimum atomic E-state index is 0. The predicted octanol–water partition coefficient (Wildman–Crippen LogP) is 3.58. The van der Waals surface area contributed by atoms with Crippen LogP contribution in [0.1, 0.15) is 23.0 Å². The molecule has 4 rings (SSSR count). The van der Waals surface area contributed by atoms with Crippen LogP contribution in [0, 0.1) is 0 Å². The van der Waals surface area contributed by atoms with Crippen molar-refractivity contribution in [2.75, 3.05) is 26.7 Å². The molecule has 0 spiro atoms. The monoisotopic (exact) mass is 428 g/mol. The molecule has 1 aromatic heterocycles. The fourth-order valence-corrected chi connectivity index (χ4v) is 3.79. The highest BCUT2D eigenvalue weighted by atomic mass is 35.5. The highest BCUT2D eigenvalue weighted by Gasteiger charge is 2.26. The van der Waals surface area contributed by atoms with Crippen molar-refractivity contribution in [1.82, 2.24) is 19.8 Å². The van der Waals surface area contributed by atoms with Gasteiger partial charge in [0.2, 0.25) is 0 Å². The number of hydrogen-bond acceptors (Lipinski definition) is 5. The Balaban J connectivity index is 0.00000256. The summed E-state index contributed by atoms with van der Waals surface area (Å²) >= 11 is 0. The van der Waals surface area contributed by atoms with Gasteiger partial charge in [0.1, 0.15) is 12.4 Å². The van der Waals surface area contributed by atoms with Gasteiger partial charge in [0.15, 0.2) is 11.5 Å². The number of aryl methyl sites for hydroxylation is 1. The molecule has 1 aliphatic rings. The van der Waals surface area contributed by atoms with Crippen LogP contribution in [0.2, 0.25) is 0 Å². The predicted molar refractivity (Wildman–Crippen MR) is 120 cm³/mol. The lowest BCUT2D eigenvalue weighted by atomic mass is 10.1. The molecule has 7 heteroatoms. The SMILES string of the molecule is COc1cc(CN2CCNCC2c2nccn2C)ccc1OCc1ccccc1.Cl. The summed E-state index contributed by atoms with van der Waals surface area (Å²) in [5.41, 5.74) is 2.34. The van der Waals surface area contributed by atoms with E-state index in [1.165, 1.54) is 5.56 Å². The van der Waals surface area contributed by atoms with E-state index in [1.54, 1.807) is 7.11 Å². The maximum Gasteiger partial charge on any atom is 0.161 e. The highest BCUT2D eigenvalue weighted by Crippen LogP contribution is 2.31. The third kappa shape index (κ3) is 5.14. The Kier molecular flexibility index (Phi) is 7.74.